The molecule has 0 spiro atoms. The molecule has 1 fully saturated rings. The Bertz CT molecular complexity index is 485. The molecule has 1 saturated heterocycles. The summed E-state index contributed by atoms with van der Waals surface area (Å²) in [4.78, 5) is 24.6. The SMILES string of the molecule is O=C1CN(C(=O)Cc2c(F)cccc2F)CCCN1. The molecule has 1 aliphatic rings. The highest BCUT2D eigenvalue weighted by Gasteiger charge is 2.22. The van der Waals surface area contributed by atoms with E-state index in [0.29, 0.717) is 19.5 Å². The molecule has 2 rings (SSSR count). The summed E-state index contributed by atoms with van der Waals surface area (Å²) < 4.78 is 26.9. The van der Waals surface area contributed by atoms with Crippen molar-refractivity contribution in [2.24, 2.45) is 0 Å². The van der Waals surface area contributed by atoms with E-state index in [9.17, 15) is 18.4 Å². The summed E-state index contributed by atoms with van der Waals surface area (Å²) in [6, 6.07) is 3.47. The first-order chi connectivity index (χ1) is 9.08. The van der Waals surface area contributed by atoms with E-state index in [1.54, 1.807) is 0 Å². The van der Waals surface area contributed by atoms with Crippen molar-refractivity contribution in [2.45, 2.75) is 12.8 Å². The number of benzene rings is 1. The number of halogens is 2. The fraction of sp³-hybridized carbons (Fsp3) is 0.385. The van der Waals surface area contributed by atoms with Crippen LogP contribution >= 0.6 is 0 Å². The summed E-state index contributed by atoms with van der Waals surface area (Å²) in [5.74, 6) is -2.18. The summed E-state index contributed by atoms with van der Waals surface area (Å²) in [5, 5.41) is 2.64. The van der Waals surface area contributed by atoms with Crippen LogP contribution < -0.4 is 5.32 Å². The summed E-state index contributed by atoms with van der Waals surface area (Å²) in [6.07, 6.45) is 0.267. The molecule has 0 aromatic heterocycles. The third-order valence-electron chi connectivity index (χ3n) is 3.00. The Kier molecular flexibility index (Phi) is 4.09. The Hall–Kier alpha value is -1.98. The molecular weight excluding hydrogens is 254 g/mol. The van der Waals surface area contributed by atoms with Crippen LogP contribution in [0.3, 0.4) is 0 Å². The Morgan fingerprint density at radius 1 is 1.32 bits per heavy atom. The fourth-order valence-corrected chi connectivity index (χ4v) is 1.98. The molecule has 1 aromatic rings. The molecule has 6 heteroatoms. The highest BCUT2D eigenvalue weighted by Crippen LogP contribution is 2.14. The van der Waals surface area contributed by atoms with Gasteiger partial charge in [-0.15, -0.1) is 0 Å². The molecule has 0 radical (unpaired) electrons. The summed E-state index contributed by atoms with van der Waals surface area (Å²) in [7, 11) is 0. The maximum absolute atomic E-state index is 13.4. The number of amides is 2. The summed E-state index contributed by atoms with van der Waals surface area (Å²) in [6.45, 7) is 0.860. The summed E-state index contributed by atoms with van der Waals surface area (Å²) >= 11 is 0. The molecule has 1 heterocycles. The molecular formula is C13H14F2N2O2. The first kappa shape index (κ1) is 13.5. The molecule has 0 bridgehead atoms. The van der Waals surface area contributed by atoms with Gasteiger partial charge in [0.2, 0.25) is 11.8 Å². The van der Waals surface area contributed by atoms with Gasteiger partial charge in [0.25, 0.3) is 0 Å². The van der Waals surface area contributed by atoms with Crippen LogP contribution in [0.5, 0.6) is 0 Å². The molecule has 1 N–H and O–H groups in total. The van der Waals surface area contributed by atoms with E-state index in [2.05, 4.69) is 5.32 Å². The molecule has 0 saturated carbocycles. The second-order valence-corrected chi connectivity index (χ2v) is 4.40. The van der Waals surface area contributed by atoms with Crippen LogP contribution in [-0.4, -0.2) is 36.3 Å². The van der Waals surface area contributed by atoms with Gasteiger partial charge in [0.05, 0.1) is 13.0 Å². The lowest BCUT2D eigenvalue weighted by Gasteiger charge is -2.19. The monoisotopic (exact) mass is 268 g/mol. The number of nitrogens with zero attached hydrogens (tertiary/aromatic N) is 1. The molecule has 0 aliphatic carbocycles. The van der Waals surface area contributed by atoms with Crippen molar-refractivity contribution in [2.75, 3.05) is 19.6 Å². The minimum absolute atomic E-state index is 0.0606. The van der Waals surface area contributed by atoms with Crippen molar-refractivity contribution < 1.29 is 18.4 Å². The lowest BCUT2D eigenvalue weighted by Crippen LogP contribution is -2.38. The Morgan fingerprint density at radius 2 is 2.00 bits per heavy atom. The van der Waals surface area contributed by atoms with E-state index < -0.39 is 17.5 Å². The zero-order valence-electron chi connectivity index (χ0n) is 10.3. The van der Waals surface area contributed by atoms with Gasteiger partial charge in [-0.25, -0.2) is 8.78 Å². The fourth-order valence-electron chi connectivity index (χ4n) is 1.98. The predicted octanol–water partition coefficient (Wildman–Crippen LogP) is 0.856. The van der Waals surface area contributed by atoms with Gasteiger partial charge in [-0.05, 0) is 18.6 Å². The molecule has 4 nitrogen and oxygen atoms in total. The maximum atomic E-state index is 13.4. The van der Waals surface area contributed by atoms with E-state index in [1.807, 2.05) is 0 Å². The largest absolute Gasteiger partial charge is 0.354 e. The number of nitrogens with one attached hydrogen (secondary N) is 1. The lowest BCUT2D eigenvalue weighted by atomic mass is 10.1. The number of carbonyl (C=O) groups excluding carboxylic acids is 2. The molecule has 1 aromatic carbocycles. The minimum Gasteiger partial charge on any atom is -0.354 e. The third kappa shape index (κ3) is 3.27. The van der Waals surface area contributed by atoms with Crippen LogP contribution in [0.4, 0.5) is 8.78 Å². The van der Waals surface area contributed by atoms with E-state index >= 15 is 0 Å². The van der Waals surface area contributed by atoms with Crippen molar-refractivity contribution >= 4 is 11.8 Å². The second kappa shape index (κ2) is 5.77. The molecule has 102 valence electrons. The van der Waals surface area contributed by atoms with Crippen LogP contribution in [0, 0.1) is 11.6 Å². The van der Waals surface area contributed by atoms with Crippen LogP contribution in [-0.2, 0) is 16.0 Å². The number of carbonyl (C=O) groups is 2. The normalized spacial score (nSPS) is 15.9. The van der Waals surface area contributed by atoms with Gasteiger partial charge < -0.3 is 10.2 Å². The van der Waals surface area contributed by atoms with Crippen molar-refractivity contribution in [1.29, 1.82) is 0 Å². The molecule has 2 amide bonds. The van der Waals surface area contributed by atoms with Gasteiger partial charge in [0.1, 0.15) is 11.6 Å². The minimum atomic E-state index is -0.743. The van der Waals surface area contributed by atoms with Gasteiger partial charge >= 0.3 is 0 Å². The number of hydrogen-bond donors (Lipinski definition) is 1. The van der Waals surface area contributed by atoms with Gasteiger partial charge in [0.15, 0.2) is 0 Å². The van der Waals surface area contributed by atoms with E-state index in [-0.39, 0.29) is 24.4 Å². The zero-order chi connectivity index (χ0) is 13.8. The van der Waals surface area contributed by atoms with E-state index in [4.69, 9.17) is 0 Å². The van der Waals surface area contributed by atoms with Gasteiger partial charge in [-0.1, -0.05) is 6.07 Å². The van der Waals surface area contributed by atoms with Gasteiger partial charge in [-0.3, -0.25) is 9.59 Å². The molecule has 1 aliphatic heterocycles. The van der Waals surface area contributed by atoms with Crippen molar-refractivity contribution in [1.82, 2.24) is 10.2 Å². The second-order valence-electron chi connectivity index (χ2n) is 4.40. The van der Waals surface area contributed by atoms with Crippen LogP contribution in [0.1, 0.15) is 12.0 Å². The average Bonchev–Trinajstić information content (AvgIpc) is 2.58. The third-order valence-corrected chi connectivity index (χ3v) is 3.00. The zero-order valence-corrected chi connectivity index (χ0v) is 10.3. The highest BCUT2D eigenvalue weighted by atomic mass is 19.1. The topological polar surface area (TPSA) is 49.4 Å². The van der Waals surface area contributed by atoms with E-state index in [0.717, 1.165) is 12.1 Å². The Labute approximate surface area is 109 Å². The first-order valence-electron chi connectivity index (χ1n) is 6.05. The van der Waals surface area contributed by atoms with Gasteiger partial charge in [-0.2, -0.15) is 0 Å². The number of rotatable bonds is 2. The Morgan fingerprint density at radius 3 is 2.68 bits per heavy atom. The smallest absolute Gasteiger partial charge is 0.239 e. The lowest BCUT2D eigenvalue weighted by molar-refractivity contribution is -0.134. The molecule has 0 unspecified atom stereocenters. The average molecular weight is 268 g/mol. The quantitative estimate of drug-likeness (QED) is 0.864. The standard InChI is InChI=1S/C13H14F2N2O2/c14-10-3-1-4-11(15)9(10)7-13(19)17-6-2-5-16-12(18)8-17/h1,3-4H,2,5-8H2,(H,16,18). The van der Waals surface area contributed by atoms with Crippen molar-refractivity contribution in [3.63, 3.8) is 0 Å². The predicted molar refractivity (Wildman–Crippen MR) is 64.3 cm³/mol. The maximum Gasteiger partial charge on any atom is 0.239 e. The van der Waals surface area contributed by atoms with Crippen LogP contribution in [0.15, 0.2) is 18.2 Å². The van der Waals surface area contributed by atoms with E-state index in [1.165, 1.54) is 11.0 Å². The van der Waals surface area contributed by atoms with Crippen LogP contribution in [0.2, 0.25) is 0 Å². The first-order valence-corrected chi connectivity index (χ1v) is 6.05. The molecule has 0 atom stereocenters. The van der Waals surface area contributed by atoms with Crippen molar-refractivity contribution in [3.8, 4) is 0 Å². The van der Waals surface area contributed by atoms with Crippen molar-refractivity contribution in [3.05, 3.63) is 35.4 Å². The summed E-state index contributed by atoms with van der Waals surface area (Å²) in [5.41, 5.74) is -0.253. The number of hydrogen-bond acceptors (Lipinski definition) is 2. The Balaban J connectivity index is 2.10. The van der Waals surface area contributed by atoms with Gasteiger partial charge in [0, 0.05) is 18.7 Å². The molecule has 19 heavy (non-hydrogen) atoms. The highest BCUT2D eigenvalue weighted by molar-refractivity contribution is 5.86. The van der Waals surface area contributed by atoms with Crippen LogP contribution in [0.25, 0.3) is 0 Å².